The zero-order chi connectivity index (χ0) is 25.7. The lowest BCUT2D eigenvalue weighted by Gasteiger charge is -2.37. The lowest BCUT2D eigenvalue weighted by atomic mass is 9.96. The Labute approximate surface area is 213 Å². The molecule has 1 aliphatic heterocycles. The molecule has 0 saturated carbocycles. The number of piperidine rings is 1. The second-order valence-electron chi connectivity index (χ2n) is 8.17. The SMILES string of the molecule is O=C(NCC(c1scnc1C(F)F)N1CCC(COc2nccnc2F)CC1)c1c(F)cccc1Cl. The maximum Gasteiger partial charge on any atom is 0.281 e. The van der Waals surface area contributed by atoms with Crippen molar-refractivity contribution in [2.24, 2.45) is 5.92 Å². The molecule has 3 heterocycles. The van der Waals surface area contributed by atoms with Crippen molar-refractivity contribution in [3.05, 3.63) is 69.0 Å². The molecule has 1 fully saturated rings. The Balaban J connectivity index is 1.44. The number of halogens is 5. The quantitative estimate of drug-likeness (QED) is 0.380. The van der Waals surface area contributed by atoms with Crippen LogP contribution in [0.15, 0.2) is 36.1 Å². The summed E-state index contributed by atoms with van der Waals surface area (Å²) in [7, 11) is 0. The van der Waals surface area contributed by atoms with Crippen molar-refractivity contribution in [2.45, 2.75) is 25.3 Å². The molecule has 4 rings (SSSR count). The minimum atomic E-state index is -2.78. The fraction of sp³-hybridized carbons (Fsp3) is 0.391. The number of carbonyl (C=O) groups excluding carboxylic acids is 1. The Hall–Kier alpha value is -2.83. The molecule has 0 spiro atoms. The molecule has 1 atom stereocenters. The number of hydrogen-bond acceptors (Lipinski definition) is 7. The van der Waals surface area contributed by atoms with E-state index in [9.17, 15) is 22.4 Å². The van der Waals surface area contributed by atoms with Gasteiger partial charge in [0.15, 0.2) is 0 Å². The second kappa shape index (κ2) is 11.9. The van der Waals surface area contributed by atoms with E-state index in [4.69, 9.17) is 16.3 Å². The fourth-order valence-electron chi connectivity index (χ4n) is 4.09. The molecule has 7 nitrogen and oxygen atoms in total. The van der Waals surface area contributed by atoms with Crippen molar-refractivity contribution >= 4 is 28.8 Å². The molecule has 2 aromatic heterocycles. The molecule has 1 saturated heterocycles. The Morgan fingerprint density at radius 3 is 2.64 bits per heavy atom. The average Bonchev–Trinajstić information content (AvgIpc) is 3.34. The maximum absolute atomic E-state index is 14.2. The predicted octanol–water partition coefficient (Wildman–Crippen LogP) is 5.06. The molecule has 36 heavy (non-hydrogen) atoms. The van der Waals surface area contributed by atoms with E-state index < -0.39 is 30.1 Å². The van der Waals surface area contributed by atoms with E-state index in [1.165, 1.54) is 30.0 Å². The van der Waals surface area contributed by atoms with Gasteiger partial charge in [-0.25, -0.2) is 28.1 Å². The summed E-state index contributed by atoms with van der Waals surface area (Å²) in [6, 6.07) is 3.30. The van der Waals surface area contributed by atoms with Gasteiger partial charge in [-0.05, 0) is 44.0 Å². The van der Waals surface area contributed by atoms with Crippen molar-refractivity contribution in [2.75, 3.05) is 26.2 Å². The topological polar surface area (TPSA) is 80.2 Å². The van der Waals surface area contributed by atoms with Crippen LogP contribution in [-0.4, -0.2) is 52.0 Å². The number of ether oxygens (including phenoxy) is 1. The highest BCUT2D eigenvalue weighted by Gasteiger charge is 2.32. The molecule has 0 bridgehead atoms. The molecule has 0 radical (unpaired) electrons. The largest absolute Gasteiger partial charge is 0.474 e. The number of rotatable bonds is 9. The van der Waals surface area contributed by atoms with Crippen molar-refractivity contribution in [3.8, 4) is 5.88 Å². The molecular weight excluding hydrogens is 522 g/mol. The summed E-state index contributed by atoms with van der Waals surface area (Å²) in [6.45, 7) is 1.22. The van der Waals surface area contributed by atoms with Gasteiger partial charge in [0.25, 0.3) is 24.2 Å². The Kier molecular flexibility index (Phi) is 8.70. The first kappa shape index (κ1) is 26.2. The molecule has 0 aliphatic carbocycles. The van der Waals surface area contributed by atoms with Crippen LogP contribution < -0.4 is 10.1 Å². The van der Waals surface area contributed by atoms with Crippen LogP contribution in [0, 0.1) is 17.7 Å². The van der Waals surface area contributed by atoms with E-state index in [1.54, 1.807) is 0 Å². The summed E-state index contributed by atoms with van der Waals surface area (Å²) < 4.78 is 60.6. The highest BCUT2D eigenvalue weighted by atomic mass is 35.5. The van der Waals surface area contributed by atoms with Crippen LogP contribution in [0.5, 0.6) is 5.88 Å². The lowest BCUT2D eigenvalue weighted by Crippen LogP contribution is -2.43. The van der Waals surface area contributed by atoms with Gasteiger partial charge in [0, 0.05) is 18.9 Å². The first-order chi connectivity index (χ1) is 17.3. The molecule has 1 unspecified atom stereocenters. The summed E-state index contributed by atoms with van der Waals surface area (Å²) in [4.78, 5) is 26.1. The number of carbonyl (C=O) groups is 1. The molecule has 3 aromatic rings. The summed E-state index contributed by atoms with van der Waals surface area (Å²) in [5, 5.41) is 2.60. The Bertz CT molecular complexity index is 1170. The first-order valence-electron chi connectivity index (χ1n) is 11.1. The zero-order valence-corrected chi connectivity index (χ0v) is 20.4. The normalized spacial score (nSPS) is 15.7. The van der Waals surface area contributed by atoms with Crippen molar-refractivity contribution < 1.29 is 27.1 Å². The monoisotopic (exact) mass is 543 g/mol. The van der Waals surface area contributed by atoms with Gasteiger partial charge in [-0.1, -0.05) is 17.7 Å². The second-order valence-corrected chi connectivity index (χ2v) is 9.46. The lowest BCUT2D eigenvalue weighted by molar-refractivity contribution is 0.0863. The van der Waals surface area contributed by atoms with Crippen LogP contribution in [-0.2, 0) is 0 Å². The summed E-state index contributed by atoms with van der Waals surface area (Å²) in [5.41, 5.74) is 0.699. The van der Waals surface area contributed by atoms with Gasteiger partial charge in [-0.15, -0.1) is 11.3 Å². The van der Waals surface area contributed by atoms with E-state index in [1.807, 2.05) is 4.90 Å². The molecule has 1 amide bonds. The standard InChI is InChI=1S/C23H22ClF4N5O2S/c24-14-2-1-3-15(25)17(14)22(34)31-10-16(19-18(20(26)27)32-12-36-19)33-8-4-13(5-9-33)11-35-23-21(28)29-6-7-30-23/h1-3,6-7,12-13,16,20H,4-5,8-11H2,(H,31,34). The third-order valence-electron chi connectivity index (χ3n) is 5.95. The third-order valence-corrected chi connectivity index (χ3v) is 7.21. The summed E-state index contributed by atoms with van der Waals surface area (Å²) in [6.07, 6.45) is 1.08. The van der Waals surface area contributed by atoms with Crippen LogP contribution in [0.3, 0.4) is 0 Å². The highest BCUT2D eigenvalue weighted by molar-refractivity contribution is 7.09. The smallest absolute Gasteiger partial charge is 0.281 e. The number of benzene rings is 1. The third kappa shape index (κ3) is 6.11. The van der Waals surface area contributed by atoms with Gasteiger partial charge >= 0.3 is 0 Å². The molecule has 1 aromatic carbocycles. The van der Waals surface area contributed by atoms with Crippen LogP contribution in [0.1, 0.15) is 46.2 Å². The van der Waals surface area contributed by atoms with Crippen LogP contribution in [0.4, 0.5) is 17.6 Å². The predicted molar refractivity (Wildman–Crippen MR) is 125 cm³/mol. The molecular formula is C23H22ClF4N5O2S. The number of thiazole rings is 1. The number of hydrogen-bond donors (Lipinski definition) is 1. The van der Waals surface area contributed by atoms with Gasteiger partial charge in [-0.3, -0.25) is 9.69 Å². The van der Waals surface area contributed by atoms with Crippen LogP contribution in [0.2, 0.25) is 5.02 Å². The van der Waals surface area contributed by atoms with Crippen molar-refractivity contribution in [3.63, 3.8) is 0 Å². The summed E-state index contributed by atoms with van der Waals surface area (Å²) in [5.74, 6) is -2.38. The van der Waals surface area contributed by atoms with Gasteiger partial charge in [0.2, 0.25) is 0 Å². The zero-order valence-electron chi connectivity index (χ0n) is 18.8. The van der Waals surface area contributed by atoms with Crippen molar-refractivity contribution in [1.29, 1.82) is 0 Å². The number of likely N-dealkylation sites (tertiary alicyclic amines) is 1. The summed E-state index contributed by atoms with van der Waals surface area (Å²) >= 11 is 7.07. The number of nitrogens with zero attached hydrogens (tertiary/aromatic N) is 4. The van der Waals surface area contributed by atoms with Gasteiger partial charge in [0.1, 0.15) is 11.5 Å². The van der Waals surface area contributed by atoms with E-state index in [0.717, 1.165) is 17.4 Å². The van der Waals surface area contributed by atoms with E-state index >= 15 is 0 Å². The highest BCUT2D eigenvalue weighted by Crippen LogP contribution is 2.35. The maximum atomic E-state index is 14.2. The minimum absolute atomic E-state index is 0.0443. The number of alkyl halides is 2. The molecule has 1 aliphatic rings. The Morgan fingerprint density at radius 2 is 1.94 bits per heavy atom. The van der Waals surface area contributed by atoms with E-state index in [2.05, 4.69) is 20.3 Å². The van der Waals surface area contributed by atoms with E-state index in [-0.39, 0.29) is 41.2 Å². The van der Waals surface area contributed by atoms with Crippen LogP contribution >= 0.6 is 22.9 Å². The van der Waals surface area contributed by atoms with Crippen LogP contribution in [0.25, 0.3) is 0 Å². The Morgan fingerprint density at radius 1 is 1.19 bits per heavy atom. The fourth-order valence-corrected chi connectivity index (χ4v) is 5.27. The number of amides is 1. The van der Waals surface area contributed by atoms with Gasteiger partial charge < -0.3 is 10.1 Å². The average molecular weight is 544 g/mol. The molecule has 192 valence electrons. The molecule has 13 heteroatoms. The molecule has 1 N–H and O–H groups in total. The van der Waals surface area contributed by atoms with Gasteiger partial charge in [0.05, 0.1) is 33.6 Å². The van der Waals surface area contributed by atoms with Gasteiger partial charge in [-0.2, -0.15) is 4.39 Å². The first-order valence-corrected chi connectivity index (χ1v) is 12.4. The number of aromatic nitrogens is 3. The van der Waals surface area contributed by atoms with Crippen molar-refractivity contribution in [1.82, 2.24) is 25.2 Å². The minimum Gasteiger partial charge on any atom is -0.474 e. The number of nitrogens with one attached hydrogen (secondary N) is 1. The van der Waals surface area contributed by atoms with E-state index in [0.29, 0.717) is 30.8 Å².